The van der Waals surface area contributed by atoms with E-state index < -0.39 is 16.9 Å². The van der Waals surface area contributed by atoms with Gasteiger partial charge in [-0.3, -0.25) is 9.59 Å². The number of aromatic nitrogens is 2. The Kier molecular flexibility index (Phi) is 6.06. The number of benzene rings is 2. The fourth-order valence-corrected chi connectivity index (χ4v) is 4.21. The van der Waals surface area contributed by atoms with Crippen LogP contribution >= 0.6 is 0 Å². The topological polar surface area (TPSA) is 156 Å². The van der Waals surface area contributed by atoms with Crippen LogP contribution < -0.4 is 27.3 Å². The number of ether oxygens (including phenoxy) is 1. The minimum Gasteiger partial charge on any atom is -0.493 e. The van der Waals surface area contributed by atoms with Crippen LogP contribution in [0.5, 0.6) is 5.75 Å². The Hall–Kier alpha value is -3.85. The van der Waals surface area contributed by atoms with Crippen LogP contribution in [0.1, 0.15) is 31.7 Å². The molecule has 7 N–H and O–H groups in total. The molecule has 0 spiro atoms. The predicted octanol–water partition coefficient (Wildman–Crippen LogP) is 3.17. The number of hydrogen-bond donors (Lipinski definition) is 5. The van der Waals surface area contributed by atoms with Crippen LogP contribution in [0.2, 0.25) is 0 Å². The first-order valence-corrected chi connectivity index (χ1v) is 10.8. The molecule has 1 aliphatic rings. The van der Waals surface area contributed by atoms with Crippen LogP contribution in [0.15, 0.2) is 47.3 Å². The Bertz CT molecular complexity index is 1250. The Balaban J connectivity index is 1.71. The average molecular weight is 450 g/mol. The van der Waals surface area contributed by atoms with Crippen LogP contribution in [0.3, 0.4) is 0 Å². The number of rotatable bonds is 8. The molecule has 0 bridgehead atoms. The molecule has 172 valence electrons. The van der Waals surface area contributed by atoms with E-state index in [1.807, 2.05) is 49.4 Å². The second-order valence-electron chi connectivity index (χ2n) is 8.28. The summed E-state index contributed by atoms with van der Waals surface area (Å²) in [4.78, 5) is 30.9. The number of carboxylic acids is 1. The molecule has 0 amide bonds. The highest BCUT2D eigenvalue weighted by atomic mass is 16.5. The van der Waals surface area contributed by atoms with Crippen molar-refractivity contribution in [3.8, 4) is 28.3 Å². The van der Waals surface area contributed by atoms with Gasteiger partial charge in [0.15, 0.2) is 5.82 Å². The van der Waals surface area contributed by atoms with Crippen molar-refractivity contribution in [1.29, 1.82) is 0 Å². The van der Waals surface area contributed by atoms with Crippen LogP contribution in [0.4, 0.5) is 11.5 Å². The zero-order valence-electron chi connectivity index (χ0n) is 18.4. The molecule has 1 fully saturated rings. The predicted molar refractivity (Wildman–Crippen MR) is 127 cm³/mol. The molecule has 1 aromatic heterocycles. The van der Waals surface area contributed by atoms with E-state index in [4.69, 9.17) is 16.3 Å². The summed E-state index contributed by atoms with van der Waals surface area (Å²) in [6, 6.07) is 13.5. The van der Waals surface area contributed by atoms with Crippen molar-refractivity contribution in [2.45, 2.75) is 32.6 Å². The molecular weight excluding hydrogens is 422 g/mol. The maximum absolute atomic E-state index is 12.2. The smallest absolute Gasteiger partial charge is 0.309 e. The van der Waals surface area contributed by atoms with Gasteiger partial charge in [0.1, 0.15) is 17.3 Å². The largest absolute Gasteiger partial charge is 0.493 e. The Labute approximate surface area is 190 Å². The quantitative estimate of drug-likeness (QED) is 0.259. The van der Waals surface area contributed by atoms with Crippen molar-refractivity contribution in [1.82, 2.24) is 9.97 Å². The van der Waals surface area contributed by atoms with Gasteiger partial charge in [-0.25, -0.2) is 10.8 Å². The average Bonchev–Trinajstić information content (AvgIpc) is 2.78. The van der Waals surface area contributed by atoms with Gasteiger partial charge in [0.05, 0.1) is 17.6 Å². The fourth-order valence-electron chi connectivity index (χ4n) is 4.21. The molecule has 4 rings (SSSR count). The molecule has 3 aromatic rings. The molecule has 0 atom stereocenters. The van der Waals surface area contributed by atoms with Gasteiger partial charge in [-0.05, 0) is 55.0 Å². The zero-order valence-corrected chi connectivity index (χ0v) is 18.4. The van der Waals surface area contributed by atoms with Crippen molar-refractivity contribution in [3.63, 3.8) is 0 Å². The first-order chi connectivity index (χ1) is 15.9. The van der Waals surface area contributed by atoms with Crippen molar-refractivity contribution < 1.29 is 14.6 Å². The fraction of sp³-hybridized carbons (Fsp3) is 0.292. The summed E-state index contributed by atoms with van der Waals surface area (Å²) in [7, 11) is 0. The molecular formula is C24H27N5O4. The summed E-state index contributed by atoms with van der Waals surface area (Å²) < 4.78 is 5.84. The van der Waals surface area contributed by atoms with Gasteiger partial charge in [0, 0.05) is 0 Å². The van der Waals surface area contributed by atoms with Crippen LogP contribution in [-0.4, -0.2) is 27.7 Å². The lowest BCUT2D eigenvalue weighted by Crippen LogP contribution is -2.39. The highest BCUT2D eigenvalue weighted by molar-refractivity contribution is 5.77. The van der Waals surface area contributed by atoms with Gasteiger partial charge in [0.2, 0.25) is 0 Å². The Morgan fingerprint density at radius 1 is 1.24 bits per heavy atom. The molecule has 0 aliphatic heterocycles. The number of hydrazine groups is 1. The van der Waals surface area contributed by atoms with E-state index in [9.17, 15) is 14.7 Å². The van der Waals surface area contributed by atoms with Crippen molar-refractivity contribution in [2.24, 2.45) is 11.3 Å². The van der Waals surface area contributed by atoms with E-state index in [0.29, 0.717) is 37.2 Å². The number of carbonyl (C=O) groups is 1. The van der Waals surface area contributed by atoms with Crippen LogP contribution in [0.25, 0.3) is 22.5 Å². The number of aliphatic carboxylic acids is 1. The van der Waals surface area contributed by atoms with Gasteiger partial charge in [-0.2, -0.15) is 0 Å². The second kappa shape index (κ2) is 8.95. The summed E-state index contributed by atoms with van der Waals surface area (Å²) >= 11 is 0. The molecule has 33 heavy (non-hydrogen) atoms. The number of nitrogen functional groups attached to an aromatic ring is 2. The molecule has 0 radical (unpaired) electrons. The van der Waals surface area contributed by atoms with Crippen LogP contribution in [-0.2, 0) is 11.2 Å². The first kappa shape index (κ1) is 22.3. The third-order valence-electron chi connectivity index (χ3n) is 6.20. The molecule has 1 saturated carbocycles. The number of carboxylic acid groups (broad SMARTS) is 1. The van der Waals surface area contributed by atoms with E-state index in [1.54, 1.807) is 0 Å². The summed E-state index contributed by atoms with van der Waals surface area (Å²) in [5, 5.41) is 9.67. The third kappa shape index (κ3) is 4.27. The molecule has 2 aromatic carbocycles. The lowest BCUT2D eigenvalue weighted by molar-refractivity contribution is -0.154. The van der Waals surface area contributed by atoms with Gasteiger partial charge in [0.25, 0.3) is 5.56 Å². The summed E-state index contributed by atoms with van der Waals surface area (Å²) in [6.45, 7) is 2.28. The standard InChI is InChI=1S/C24H27N5O4/c1-2-33-18-12-16(7-8-17(18)20-27-21(29-26)19(25)22(30)28-20)15-6-3-5-14(11-15)13-24(23(31)32)9-4-10-24/h3,5-8,11-12H,2,4,9-10,13,25-26H2,1H3,(H,31,32)(H2,27,28,29,30). The van der Waals surface area contributed by atoms with E-state index >= 15 is 0 Å². The minimum atomic E-state index is -0.724. The molecule has 0 unspecified atom stereocenters. The maximum Gasteiger partial charge on any atom is 0.309 e. The molecule has 1 heterocycles. The van der Waals surface area contributed by atoms with Gasteiger partial charge < -0.3 is 26.0 Å². The molecule has 9 heteroatoms. The van der Waals surface area contributed by atoms with Crippen molar-refractivity contribution in [2.75, 3.05) is 17.8 Å². The highest BCUT2D eigenvalue weighted by Crippen LogP contribution is 2.44. The summed E-state index contributed by atoms with van der Waals surface area (Å²) in [5.41, 5.74) is 10.2. The Morgan fingerprint density at radius 3 is 2.64 bits per heavy atom. The summed E-state index contributed by atoms with van der Waals surface area (Å²) in [6.07, 6.45) is 2.89. The van der Waals surface area contributed by atoms with Crippen molar-refractivity contribution >= 4 is 17.5 Å². The first-order valence-electron chi connectivity index (χ1n) is 10.8. The number of nitrogens with one attached hydrogen (secondary N) is 2. The van der Waals surface area contributed by atoms with E-state index in [2.05, 4.69) is 15.4 Å². The highest BCUT2D eigenvalue weighted by Gasteiger charge is 2.44. The summed E-state index contributed by atoms with van der Waals surface area (Å²) in [5.74, 6) is 5.61. The lowest BCUT2D eigenvalue weighted by atomic mass is 9.65. The SMILES string of the molecule is CCOc1cc(-c2cccc(CC3(C(=O)O)CCC3)c2)ccc1-c1nc(NN)c(N)c(=O)[nH]1. The molecule has 0 saturated heterocycles. The van der Waals surface area contributed by atoms with Gasteiger partial charge >= 0.3 is 5.97 Å². The van der Waals surface area contributed by atoms with Crippen molar-refractivity contribution in [3.05, 3.63) is 58.4 Å². The van der Waals surface area contributed by atoms with E-state index in [0.717, 1.165) is 23.1 Å². The van der Waals surface area contributed by atoms with Gasteiger partial charge in [-0.15, -0.1) is 0 Å². The minimum absolute atomic E-state index is 0.0799. The number of hydrogen-bond acceptors (Lipinski definition) is 7. The number of nitrogens with two attached hydrogens (primary N) is 2. The monoisotopic (exact) mass is 449 g/mol. The zero-order chi connectivity index (χ0) is 23.6. The normalized spacial score (nSPS) is 14.4. The van der Waals surface area contributed by atoms with Crippen LogP contribution in [0, 0.1) is 5.41 Å². The second-order valence-corrected chi connectivity index (χ2v) is 8.28. The molecule has 9 nitrogen and oxygen atoms in total. The number of aromatic amines is 1. The van der Waals surface area contributed by atoms with Gasteiger partial charge in [-0.1, -0.05) is 36.8 Å². The number of nitrogens with zero attached hydrogens (tertiary/aromatic N) is 1. The van der Waals surface area contributed by atoms with E-state index in [1.165, 1.54) is 0 Å². The third-order valence-corrected chi connectivity index (χ3v) is 6.20. The maximum atomic E-state index is 12.2. The Morgan fingerprint density at radius 2 is 2.00 bits per heavy atom. The number of H-pyrrole nitrogens is 1. The lowest BCUT2D eigenvalue weighted by Gasteiger charge is -2.37. The number of anilines is 2. The van der Waals surface area contributed by atoms with E-state index in [-0.39, 0.29) is 17.3 Å². The molecule has 1 aliphatic carbocycles.